The summed E-state index contributed by atoms with van der Waals surface area (Å²) in [5.74, 6) is -0.217. The third-order valence-electron chi connectivity index (χ3n) is 2.45. The molecule has 0 aliphatic rings. The second-order valence-electron chi connectivity index (χ2n) is 3.67. The Hall–Kier alpha value is -1.69. The molecule has 0 atom stereocenters. The minimum absolute atomic E-state index is 0.217. The molecule has 0 aliphatic heterocycles. The number of hydrogen-bond donors (Lipinski definition) is 1. The SMILES string of the molecule is CCn1ccc(C(=O)Nc2nc(C)c(C)s2)n1. The monoisotopic (exact) mass is 250 g/mol. The van der Waals surface area contributed by atoms with Crippen LogP contribution in [0.3, 0.4) is 0 Å². The van der Waals surface area contributed by atoms with Crippen LogP contribution in [0.1, 0.15) is 28.0 Å². The fourth-order valence-electron chi connectivity index (χ4n) is 1.35. The van der Waals surface area contributed by atoms with Gasteiger partial charge in [0.1, 0.15) is 0 Å². The molecule has 2 rings (SSSR count). The van der Waals surface area contributed by atoms with E-state index in [2.05, 4.69) is 15.4 Å². The van der Waals surface area contributed by atoms with E-state index in [1.807, 2.05) is 20.8 Å². The van der Waals surface area contributed by atoms with Gasteiger partial charge in [0.25, 0.3) is 5.91 Å². The fraction of sp³-hybridized carbons (Fsp3) is 0.364. The molecule has 2 aromatic rings. The normalized spacial score (nSPS) is 10.5. The first kappa shape index (κ1) is 11.8. The molecule has 0 spiro atoms. The number of carbonyl (C=O) groups is 1. The number of carbonyl (C=O) groups excluding carboxylic acids is 1. The number of hydrogen-bond acceptors (Lipinski definition) is 4. The second-order valence-corrected chi connectivity index (χ2v) is 4.87. The van der Waals surface area contributed by atoms with Gasteiger partial charge in [-0.1, -0.05) is 0 Å². The Morgan fingerprint density at radius 2 is 2.29 bits per heavy atom. The minimum Gasteiger partial charge on any atom is -0.296 e. The molecule has 0 aromatic carbocycles. The van der Waals surface area contributed by atoms with E-state index in [1.54, 1.807) is 16.9 Å². The quantitative estimate of drug-likeness (QED) is 0.908. The number of thiazole rings is 1. The molecular formula is C11H14N4OS. The van der Waals surface area contributed by atoms with Crippen molar-refractivity contribution in [2.24, 2.45) is 0 Å². The smallest absolute Gasteiger partial charge is 0.277 e. The lowest BCUT2D eigenvalue weighted by Gasteiger charge is -1.97. The highest BCUT2D eigenvalue weighted by Crippen LogP contribution is 2.21. The summed E-state index contributed by atoms with van der Waals surface area (Å²) in [5, 5.41) is 7.51. The zero-order chi connectivity index (χ0) is 12.4. The summed E-state index contributed by atoms with van der Waals surface area (Å²) in [6, 6.07) is 1.70. The summed E-state index contributed by atoms with van der Waals surface area (Å²) in [6.45, 7) is 6.63. The Balaban J connectivity index is 2.11. The number of rotatable bonds is 3. The lowest BCUT2D eigenvalue weighted by molar-refractivity contribution is 0.102. The van der Waals surface area contributed by atoms with Crippen molar-refractivity contribution in [3.63, 3.8) is 0 Å². The standard InChI is InChI=1S/C11H14N4OS/c1-4-15-6-5-9(14-15)10(16)13-11-12-7(2)8(3)17-11/h5-6H,4H2,1-3H3,(H,12,13,16). The lowest BCUT2D eigenvalue weighted by Crippen LogP contribution is -2.13. The van der Waals surface area contributed by atoms with Gasteiger partial charge in [-0.05, 0) is 26.8 Å². The van der Waals surface area contributed by atoms with Crippen LogP contribution in [0.5, 0.6) is 0 Å². The summed E-state index contributed by atoms with van der Waals surface area (Å²) in [6.07, 6.45) is 1.78. The van der Waals surface area contributed by atoms with Gasteiger partial charge in [-0.15, -0.1) is 11.3 Å². The maximum atomic E-state index is 11.8. The molecule has 2 heterocycles. The molecule has 1 amide bonds. The molecule has 0 unspecified atom stereocenters. The van der Waals surface area contributed by atoms with E-state index in [0.717, 1.165) is 17.1 Å². The predicted octanol–water partition coefficient (Wildman–Crippen LogP) is 2.23. The van der Waals surface area contributed by atoms with Crippen LogP contribution in [0.15, 0.2) is 12.3 Å². The fourth-order valence-corrected chi connectivity index (χ4v) is 2.16. The average Bonchev–Trinajstić information content (AvgIpc) is 2.87. The van der Waals surface area contributed by atoms with Crippen LogP contribution in [-0.2, 0) is 6.54 Å². The van der Waals surface area contributed by atoms with Crippen molar-refractivity contribution in [3.05, 3.63) is 28.5 Å². The topological polar surface area (TPSA) is 59.8 Å². The zero-order valence-corrected chi connectivity index (χ0v) is 10.8. The third-order valence-corrected chi connectivity index (χ3v) is 3.43. The molecule has 1 N–H and O–H groups in total. The lowest BCUT2D eigenvalue weighted by atomic mass is 10.4. The Morgan fingerprint density at radius 3 is 2.82 bits per heavy atom. The third kappa shape index (κ3) is 2.52. The van der Waals surface area contributed by atoms with E-state index in [1.165, 1.54) is 11.3 Å². The predicted molar refractivity (Wildman–Crippen MR) is 67.4 cm³/mol. The largest absolute Gasteiger partial charge is 0.296 e. The van der Waals surface area contributed by atoms with Gasteiger partial charge in [0.2, 0.25) is 0 Å². The maximum absolute atomic E-state index is 11.8. The molecule has 0 aliphatic carbocycles. The van der Waals surface area contributed by atoms with E-state index in [9.17, 15) is 4.79 Å². The molecule has 0 saturated heterocycles. The zero-order valence-electron chi connectivity index (χ0n) is 10.0. The van der Waals surface area contributed by atoms with Crippen LogP contribution >= 0.6 is 11.3 Å². The second kappa shape index (κ2) is 4.67. The number of nitrogens with one attached hydrogen (secondary N) is 1. The maximum Gasteiger partial charge on any atom is 0.277 e. The molecular weight excluding hydrogens is 236 g/mol. The molecule has 0 saturated carbocycles. The van der Waals surface area contributed by atoms with Crippen molar-refractivity contribution in [1.82, 2.24) is 14.8 Å². The van der Waals surface area contributed by atoms with E-state index >= 15 is 0 Å². The van der Waals surface area contributed by atoms with Gasteiger partial charge >= 0.3 is 0 Å². The first-order chi connectivity index (χ1) is 8.10. The van der Waals surface area contributed by atoms with E-state index in [0.29, 0.717) is 10.8 Å². The number of nitrogens with zero attached hydrogens (tertiary/aromatic N) is 3. The van der Waals surface area contributed by atoms with Gasteiger partial charge in [0.05, 0.1) is 5.69 Å². The van der Waals surface area contributed by atoms with Crippen molar-refractivity contribution >= 4 is 22.4 Å². The summed E-state index contributed by atoms with van der Waals surface area (Å²) in [4.78, 5) is 17.2. The number of anilines is 1. The van der Waals surface area contributed by atoms with Gasteiger partial charge in [0.15, 0.2) is 10.8 Å². The van der Waals surface area contributed by atoms with Crippen LogP contribution in [0, 0.1) is 13.8 Å². The minimum atomic E-state index is -0.217. The van der Waals surface area contributed by atoms with Crippen LogP contribution in [0.2, 0.25) is 0 Å². The van der Waals surface area contributed by atoms with E-state index in [-0.39, 0.29) is 5.91 Å². The van der Waals surface area contributed by atoms with Crippen molar-refractivity contribution in [2.75, 3.05) is 5.32 Å². The van der Waals surface area contributed by atoms with Crippen LogP contribution < -0.4 is 5.32 Å². The van der Waals surface area contributed by atoms with Gasteiger partial charge in [-0.2, -0.15) is 5.10 Å². The Bertz CT molecular complexity index is 524. The first-order valence-corrected chi connectivity index (χ1v) is 6.20. The molecule has 5 nitrogen and oxygen atoms in total. The average molecular weight is 250 g/mol. The summed E-state index contributed by atoms with van der Waals surface area (Å²) < 4.78 is 1.72. The molecule has 17 heavy (non-hydrogen) atoms. The van der Waals surface area contributed by atoms with Gasteiger partial charge in [-0.25, -0.2) is 4.98 Å². The van der Waals surface area contributed by atoms with Crippen molar-refractivity contribution in [3.8, 4) is 0 Å². The van der Waals surface area contributed by atoms with Crippen molar-refractivity contribution in [2.45, 2.75) is 27.3 Å². The molecule has 6 heteroatoms. The summed E-state index contributed by atoms with van der Waals surface area (Å²) >= 11 is 1.47. The Morgan fingerprint density at radius 1 is 1.53 bits per heavy atom. The van der Waals surface area contributed by atoms with Crippen LogP contribution in [0.4, 0.5) is 5.13 Å². The van der Waals surface area contributed by atoms with E-state index < -0.39 is 0 Å². The molecule has 90 valence electrons. The highest BCUT2D eigenvalue weighted by Gasteiger charge is 2.12. The van der Waals surface area contributed by atoms with Crippen molar-refractivity contribution < 1.29 is 4.79 Å². The number of amides is 1. The Kier molecular flexibility index (Phi) is 3.23. The molecule has 2 aromatic heterocycles. The van der Waals surface area contributed by atoms with Crippen LogP contribution in [0.25, 0.3) is 0 Å². The van der Waals surface area contributed by atoms with E-state index in [4.69, 9.17) is 0 Å². The Labute approximate surface area is 103 Å². The molecule has 0 radical (unpaired) electrons. The van der Waals surface area contributed by atoms with Gasteiger partial charge in [-0.3, -0.25) is 14.8 Å². The molecule has 0 fully saturated rings. The summed E-state index contributed by atoms with van der Waals surface area (Å²) in [7, 11) is 0. The number of aromatic nitrogens is 3. The number of aryl methyl sites for hydroxylation is 3. The van der Waals surface area contributed by atoms with Gasteiger partial charge in [0, 0.05) is 17.6 Å². The summed E-state index contributed by atoms with van der Waals surface area (Å²) in [5.41, 5.74) is 1.36. The van der Waals surface area contributed by atoms with Crippen LogP contribution in [-0.4, -0.2) is 20.7 Å². The molecule has 0 bridgehead atoms. The highest BCUT2D eigenvalue weighted by atomic mass is 32.1. The van der Waals surface area contributed by atoms with Gasteiger partial charge < -0.3 is 0 Å². The highest BCUT2D eigenvalue weighted by molar-refractivity contribution is 7.15. The van der Waals surface area contributed by atoms with Crippen molar-refractivity contribution in [1.29, 1.82) is 0 Å². The first-order valence-electron chi connectivity index (χ1n) is 5.39.